The van der Waals surface area contributed by atoms with Crippen molar-refractivity contribution in [2.45, 2.75) is 59.4 Å². The van der Waals surface area contributed by atoms with Crippen LogP contribution in [0.15, 0.2) is 0 Å². The summed E-state index contributed by atoms with van der Waals surface area (Å²) < 4.78 is 0. The second-order valence-electron chi connectivity index (χ2n) is 7.51. The van der Waals surface area contributed by atoms with Gasteiger partial charge in [0, 0.05) is 19.1 Å². The van der Waals surface area contributed by atoms with Crippen LogP contribution in [0.3, 0.4) is 0 Å². The van der Waals surface area contributed by atoms with E-state index >= 15 is 0 Å². The third kappa shape index (κ3) is 8.80. The van der Waals surface area contributed by atoms with Crippen LogP contribution < -0.4 is 0 Å². The van der Waals surface area contributed by atoms with Gasteiger partial charge in [-0.2, -0.15) is 0 Å². The molecule has 0 spiro atoms. The van der Waals surface area contributed by atoms with Crippen molar-refractivity contribution in [3.63, 3.8) is 0 Å². The summed E-state index contributed by atoms with van der Waals surface area (Å²) in [6, 6.07) is 0.822. The van der Waals surface area contributed by atoms with Crippen molar-refractivity contribution in [3.05, 3.63) is 0 Å². The van der Waals surface area contributed by atoms with Crippen molar-refractivity contribution < 1.29 is 0 Å². The number of rotatable bonds is 8. The molecule has 3 nitrogen and oxygen atoms in total. The van der Waals surface area contributed by atoms with Crippen LogP contribution in [-0.4, -0.2) is 75.1 Å². The SMILES string of the molecule is CCC.CCN(C)CCN(C)C1CC(C)(CCN(C)C)C1. The number of hydrogen-bond donors (Lipinski definition) is 0. The molecule has 1 rings (SSSR count). The molecule has 21 heavy (non-hydrogen) atoms. The number of likely N-dealkylation sites (N-methyl/N-ethyl adjacent to an activating group) is 2. The molecule has 1 aliphatic rings. The molecule has 0 aliphatic heterocycles. The lowest BCUT2D eigenvalue weighted by molar-refractivity contribution is 0.0137. The number of hydrogen-bond acceptors (Lipinski definition) is 3. The highest BCUT2D eigenvalue weighted by atomic mass is 15.2. The Bertz CT molecular complexity index is 247. The third-order valence-electron chi connectivity index (χ3n) is 4.62. The van der Waals surface area contributed by atoms with E-state index in [4.69, 9.17) is 0 Å². The Hall–Kier alpha value is -0.120. The molecule has 0 radical (unpaired) electrons. The van der Waals surface area contributed by atoms with Gasteiger partial charge >= 0.3 is 0 Å². The summed E-state index contributed by atoms with van der Waals surface area (Å²) >= 11 is 0. The summed E-state index contributed by atoms with van der Waals surface area (Å²) in [4.78, 5) is 7.25. The smallest absolute Gasteiger partial charge is 0.0109 e. The van der Waals surface area contributed by atoms with Crippen LogP contribution >= 0.6 is 0 Å². The highest BCUT2D eigenvalue weighted by Crippen LogP contribution is 2.45. The Kier molecular flexibility index (Phi) is 10.5. The maximum absolute atomic E-state index is 2.56. The van der Waals surface area contributed by atoms with Gasteiger partial charge in [-0.3, -0.25) is 0 Å². The van der Waals surface area contributed by atoms with Crippen LogP contribution in [0.5, 0.6) is 0 Å². The van der Waals surface area contributed by atoms with E-state index in [-0.39, 0.29) is 0 Å². The van der Waals surface area contributed by atoms with Crippen LogP contribution in [0.2, 0.25) is 0 Å². The maximum atomic E-state index is 2.56. The first kappa shape index (κ1) is 20.9. The molecular formula is C18H41N3. The monoisotopic (exact) mass is 299 g/mol. The van der Waals surface area contributed by atoms with Crippen molar-refractivity contribution in [1.82, 2.24) is 14.7 Å². The molecule has 0 N–H and O–H groups in total. The van der Waals surface area contributed by atoms with Crippen molar-refractivity contribution in [3.8, 4) is 0 Å². The van der Waals surface area contributed by atoms with Crippen LogP contribution in [0, 0.1) is 5.41 Å². The van der Waals surface area contributed by atoms with E-state index in [0.29, 0.717) is 5.41 Å². The largest absolute Gasteiger partial charge is 0.309 e. The van der Waals surface area contributed by atoms with Crippen LogP contribution in [0.4, 0.5) is 0 Å². The second kappa shape index (κ2) is 10.6. The van der Waals surface area contributed by atoms with Gasteiger partial charge in [0.15, 0.2) is 0 Å². The molecule has 3 heteroatoms. The summed E-state index contributed by atoms with van der Waals surface area (Å²) in [6.45, 7) is 13.7. The zero-order chi connectivity index (χ0) is 16.5. The molecule has 0 amide bonds. The average molecular weight is 300 g/mol. The maximum Gasteiger partial charge on any atom is 0.0109 e. The van der Waals surface area contributed by atoms with Gasteiger partial charge in [0.2, 0.25) is 0 Å². The van der Waals surface area contributed by atoms with Gasteiger partial charge in [0.1, 0.15) is 0 Å². The predicted octanol–water partition coefficient (Wildman–Crippen LogP) is 3.41. The fraction of sp³-hybridized carbons (Fsp3) is 1.00. The zero-order valence-corrected chi connectivity index (χ0v) is 16.1. The van der Waals surface area contributed by atoms with Crippen LogP contribution in [0.1, 0.15) is 53.4 Å². The Balaban J connectivity index is 0.00000122. The van der Waals surface area contributed by atoms with Gasteiger partial charge in [0.25, 0.3) is 0 Å². The summed E-state index contributed by atoms with van der Waals surface area (Å²) in [6.07, 6.45) is 5.36. The van der Waals surface area contributed by atoms with E-state index in [1.54, 1.807) is 0 Å². The second-order valence-corrected chi connectivity index (χ2v) is 7.51. The van der Waals surface area contributed by atoms with Gasteiger partial charge in [-0.05, 0) is 66.0 Å². The van der Waals surface area contributed by atoms with Crippen molar-refractivity contribution in [2.75, 3.05) is 54.4 Å². The van der Waals surface area contributed by atoms with Gasteiger partial charge in [-0.25, -0.2) is 0 Å². The molecule has 0 unspecified atom stereocenters. The fourth-order valence-corrected chi connectivity index (χ4v) is 2.76. The molecule has 0 aromatic carbocycles. The summed E-state index contributed by atoms with van der Waals surface area (Å²) in [5.74, 6) is 0. The zero-order valence-electron chi connectivity index (χ0n) is 16.1. The van der Waals surface area contributed by atoms with Crippen LogP contribution in [-0.2, 0) is 0 Å². The molecule has 1 saturated carbocycles. The Morgan fingerprint density at radius 2 is 1.43 bits per heavy atom. The average Bonchev–Trinajstić information content (AvgIpc) is 2.39. The molecule has 0 atom stereocenters. The third-order valence-corrected chi connectivity index (χ3v) is 4.62. The number of nitrogens with zero attached hydrogens (tertiary/aromatic N) is 3. The fourth-order valence-electron chi connectivity index (χ4n) is 2.76. The molecule has 0 heterocycles. The van der Waals surface area contributed by atoms with Gasteiger partial charge in [-0.15, -0.1) is 0 Å². The van der Waals surface area contributed by atoms with E-state index in [1.807, 2.05) is 0 Å². The first-order valence-corrected chi connectivity index (χ1v) is 8.81. The molecule has 0 aromatic heterocycles. The first-order chi connectivity index (χ1) is 9.77. The molecule has 1 fully saturated rings. The van der Waals surface area contributed by atoms with Crippen molar-refractivity contribution in [1.29, 1.82) is 0 Å². The molecule has 0 bridgehead atoms. The van der Waals surface area contributed by atoms with Crippen LogP contribution in [0.25, 0.3) is 0 Å². The minimum atomic E-state index is 0.597. The molecule has 128 valence electrons. The lowest BCUT2D eigenvalue weighted by Gasteiger charge is -2.50. The molecule has 1 aliphatic carbocycles. The lowest BCUT2D eigenvalue weighted by Crippen LogP contribution is -2.50. The summed E-state index contributed by atoms with van der Waals surface area (Å²) in [5.41, 5.74) is 0.597. The highest BCUT2D eigenvalue weighted by molar-refractivity contribution is 4.95. The van der Waals surface area contributed by atoms with Gasteiger partial charge < -0.3 is 14.7 Å². The van der Waals surface area contributed by atoms with E-state index < -0.39 is 0 Å². The summed E-state index contributed by atoms with van der Waals surface area (Å²) in [5, 5.41) is 0. The summed E-state index contributed by atoms with van der Waals surface area (Å²) in [7, 11) is 8.84. The highest BCUT2D eigenvalue weighted by Gasteiger charge is 2.41. The standard InChI is InChI=1S/C15H33N3.C3H8/c1-7-17(5)10-11-18(6)14-12-15(2,13-14)8-9-16(3)4;1-3-2/h14H,7-13H2,1-6H3;3H2,1-2H3. The van der Waals surface area contributed by atoms with E-state index in [0.717, 1.165) is 12.6 Å². The van der Waals surface area contributed by atoms with Crippen molar-refractivity contribution >= 4 is 0 Å². The van der Waals surface area contributed by atoms with E-state index in [9.17, 15) is 0 Å². The molecular weight excluding hydrogens is 258 g/mol. The minimum Gasteiger partial charge on any atom is -0.309 e. The Morgan fingerprint density at radius 1 is 0.905 bits per heavy atom. The topological polar surface area (TPSA) is 9.72 Å². The van der Waals surface area contributed by atoms with Gasteiger partial charge in [0.05, 0.1) is 0 Å². The normalized spacial score (nSPS) is 25.0. The quantitative estimate of drug-likeness (QED) is 0.680. The first-order valence-electron chi connectivity index (χ1n) is 8.81. The minimum absolute atomic E-state index is 0.597. The molecule has 0 aromatic rings. The lowest BCUT2D eigenvalue weighted by atomic mass is 9.64. The van der Waals surface area contributed by atoms with Gasteiger partial charge in [-0.1, -0.05) is 34.1 Å². The Labute approximate surface area is 134 Å². The predicted molar refractivity (Wildman–Crippen MR) is 96.1 cm³/mol. The van der Waals surface area contributed by atoms with E-state index in [1.165, 1.54) is 45.3 Å². The Morgan fingerprint density at radius 3 is 1.86 bits per heavy atom. The van der Waals surface area contributed by atoms with E-state index in [2.05, 4.69) is 70.6 Å². The molecule has 0 saturated heterocycles. The van der Waals surface area contributed by atoms with Crippen molar-refractivity contribution in [2.24, 2.45) is 5.41 Å².